The van der Waals surface area contributed by atoms with Gasteiger partial charge in [0.25, 0.3) is 0 Å². The van der Waals surface area contributed by atoms with Gasteiger partial charge >= 0.3 is 0 Å². The molecule has 0 bridgehead atoms. The van der Waals surface area contributed by atoms with Crippen LogP contribution in [0.5, 0.6) is 0 Å². The van der Waals surface area contributed by atoms with Crippen LogP contribution in [0, 0.1) is 0 Å². The monoisotopic (exact) mass is 673 g/mol. The van der Waals surface area contributed by atoms with E-state index in [4.69, 9.17) is 9.97 Å². The maximum atomic E-state index is 5.28. The molecule has 53 heavy (non-hydrogen) atoms. The number of rotatable bonds is 4. The fraction of sp³-hybridized carbons (Fsp3) is 0. The summed E-state index contributed by atoms with van der Waals surface area (Å²) in [5, 5.41) is 12.3. The van der Waals surface area contributed by atoms with Crippen molar-refractivity contribution in [3.05, 3.63) is 188 Å². The van der Waals surface area contributed by atoms with Crippen LogP contribution >= 0.6 is 0 Å². The predicted octanol–water partition coefficient (Wildman–Crippen LogP) is 13.2. The maximum Gasteiger partial charge on any atom is 0.160 e. The molecular weight excluding hydrogens is 643 g/mol. The minimum Gasteiger partial charge on any atom is -0.309 e. The van der Waals surface area contributed by atoms with Gasteiger partial charge in [0.1, 0.15) is 0 Å². The van der Waals surface area contributed by atoms with Gasteiger partial charge in [-0.1, -0.05) is 146 Å². The van der Waals surface area contributed by atoms with Crippen molar-refractivity contribution in [2.45, 2.75) is 0 Å². The van der Waals surface area contributed by atoms with Crippen LogP contribution in [-0.4, -0.2) is 14.5 Å². The Bertz CT molecular complexity index is 3050. The summed E-state index contributed by atoms with van der Waals surface area (Å²) in [6, 6.07) is 67.4. The number of benzene rings is 9. The Morgan fingerprint density at radius 1 is 0.321 bits per heavy atom. The number of aromatic nitrogens is 3. The highest BCUT2D eigenvalue weighted by Crippen LogP contribution is 2.41. The summed E-state index contributed by atoms with van der Waals surface area (Å²) in [6.07, 6.45) is 0. The van der Waals surface area contributed by atoms with Crippen LogP contribution in [0.4, 0.5) is 0 Å². The molecule has 0 saturated carbocycles. The molecule has 0 aliphatic heterocycles. The Kier molecular flexibility index (Phi) is 6.55. The molecular formula is C50H31N3. The van der Waals surface area contributed by atoms with Crippen molar-refractivity contribution in [2.24, 2.45) is 0 Å². The zero-order valence-electron chi connectivity index (χ0n) is 28.7. The number of hydrogen-bond acceptors (Lipinski definition) is 2. The van der Waals surface area contributed by atoms with Gasteiger partial charge in [0.05, 0.1) is 22.4 Å². The van der Waals surface area contributed by atoms with Gasteiger partial charge in [-0.05, 0) is 85.6 Å². The van der Waals surface area contributed by atoms with E-state index in [1.165, 1.54) is 64.9 Å². The fourth-order valence-corrected chi connectivity index (χ4v) is 8.18. The van der Waals surface area contributed by atoms with E-state index in [2.05, 4.69) is 193 Å². The molecule has 0 radical (unpaired) electrons. The molecule has 0 spiro atoms. The van der Waals surface area contributed by atoms with Crippen molar-refractivity contribution in [1.82, 2.24) is 14.5 Å². The Morgan fingerprint density at radius 2 is 0.792 bits per heavy atom. The molecule has 11 rings (SSSR count). The Labute approximate surface area is 306 Å². The molecule has 0 saturated heterocycles. The van der Waals surface area contributed by atoms with E-state index in [9.17, 15) is 0 Å². The van der Waals surface area contributed by atoms with Crippen LogP contribution in [0.1, 0.15) is 0 Å². The summed E-state index contributed by atoms with van der Waals surface area (Å²) in [5.74, 6) is 0.692. The zero-order chi connectivity index (χ0) is 34.9. The summed E-state index contributed by atoms with van der Waals surface area (Å²) in [4.78, 5) is 10.6. The molecule has 0 fully saturated rings. The Morgan fingerprint density at radius 3 is 1.34 bits per heavy atom. The van der Waals surface area contributed by atoms with E-state index in [-0.39, 0.29) is 0 Å². The molecule has 3 heteroatoms. The lowest BCUT2D eigenvalue weighted by atomic mass is 10.00. The molecule has 0 amide bonds. The van der Waals surface area contributed by atoms with E-state index in [0.717, 1.165) is 33.8 Å². The quantitative estimate of drug-likeness (QED) is 0.186. The average Bonchev–Trinajstić information content (AvgIpc) is 3.59. The van der Waals surface area contributed by atoms with Gasteiger partial charge in [-0.25, -0.2) is 9.97 Å². The Hall–Kier alpha value is -7.10. The average molecular weight is 674 g/mol. The van der Waals surface area contributed by atoms with E-state index < -0.39 is 0 Å². The lowest BCUT2D eigenvalue weighted by Crippen LogP contribution is -1.98. The van der Waals surface area contributed by atoms with Crippen LogP contribution < -0.4 is 0 Å². The van der Waals surface area contributed by atoms with Crippen molar-refractivity contribution >= 4 is 64.9 Å². The molecule has 0 aliphatic carbocycles. The first-order valence-electron chi connectivity index (χ1n) is 18.1. The summed E-state index contributed by atoms with van der Waals surface area (Å²) >= 11 is 0. The van der Waals surface area contributed by atoms with Gasteiger partial charge < -0.3 is 4.57 Å². The third-order valence-corrected chi connectivity index (χ3v) is 10.7. The van der Waals surface area contributed by atoms with Crippen LogP contribution in [0.15, 0.2) is 188 Å². The largest absolute Gasteiger partial charge is 0.309 e. The van der Waals surface area contributed by atoms with Gasteiger partial charge in [0.15, 0.2) is 5.82 Å². The minimum absolute atomic E-state index is 0.692. The minimum atomic E-state index is 0.692. The highest BCUT2D eigenvalue weighted by molar-refractivity contribution is 6.28. The van der Waals surface area contributed by atoms with Crippen LogP contribution in [0.2, 0.25) is 0 Å². The highest BCUT2D eigenvalue weighted by atomic mass is 15.0. The summed E-state index contributed by atoms with van der Waals surface area (Å²) in [5.41, 5.74) is 8.29. The summed E-state index contributed by atoms with van der Waals surface area (Å²) in [6.45, 7) is 0. The third-order valence-electron chi connectivity index (χ3n) is 10.7. The summed E-state index contributed by atoms with van der Waals surface area (Å²) < 4.78 is 2.41. The third kappa shape index (κ3) is 4.82. The number of nitrogens with zero attached hydrogens (tertiary/aromatic N) is 3. The first kappa shape index (κ1) is 29.6. The van der Waals surface area contributed by atoms with Crippen molar-refractivity contribution in [1.29, 1.82) is 0 Å². The van der Waals surface area contributed by atoms with E-state index >= 15 is 0 Å². The maximum absolute atomic E-state index is 5.28. The molecule has 246 valence electrons. The SMILES string of the molecule is c1cc(-c2nc(-c3ccc4ccccc4c3)cc(-c3ccc4ccccc4c3)n2)cc(-n2c3ccc4ccccc4c3c3c4ccccc4ccc32)c1. The molecule has 2 heterocycles. The molecule has 11 aromatic rings. The van der Waals surface area contributed by atoms with Crippen LogP contribution in [0.3, 0.4) is 0 Å². The molecule has 0 N–H and O–H groups in total. The first-order valence-corrected chi connectivity index (χ1v) is 18.1. The second-order valence-corrected chi connectivity index (χ2v) is 13.8. The molecule has 0 aliphatic rings. The molecule has 0 atom stereocenters. The van der Waals surface area contributed by atoms with Gasteiger partial charge in [-0.3, -0.25) is 0 Å². The topological polar surface area (TPSA) is 30.7 Å². The van der Waals surface area contributed by atoms with E-state index in [1.807, 2.05) is 0 Å². The number of fused-ring (bicyclic) bond motifs is 9. The van der Waals surface area contributed by atoms with E-state index in [1.54, 1.807) is 0 Å². The van der Waals surface area contributed by atoms with Gasteiger partial charge in [0.2, 0.25) is 0 Å². The highest BCUT2D eigenvalue weighted by Gasteiger charge is 2.18. The lowest BCUT2D eigenvalue weighted by molar-refractivity contribution is 1.16. The van der Waals surface area contributed by atoms with Gasteiger partial charge in [-0.15, -0.1) is 0 Å². The molecule has 3 nitrogen and oxygen atoms in total. The van der Waals surface area contributed by atoms with Crippen molar-refractivity contribution in [3.8, 4) is 39.6 Å². The lowest BCUT2D eigenvalue weighted by Gasteiger charge is -2.13. The summed E-state index contributed by atoms with van der Waals surface area (Å²) in [7, 11) is 0. The molecule has 2 aromatic heterocycles. The standard InChI is InChI=1S/C50H31N3/c1-3-14-36-28-38(22-20-32(36)10-1)44-31-45(39-23-21-33-11-2-4-15-37(33)29-39)52-50(51-44)40-16-9-17-41(30-40)53-46-26-24-34-12-5-7-18-42(34)48(46)49-43-19-8-6-13-35(43)25-27-47(49)53/h1-31H. The Balaban J connectivity index is 1.15. The van der Waals surface area contributed by atoms with Gasteiger partial charge in [-0.2, -0.15) is 0 Å². The second-order valence-electron chi connectivity index (χ2n) is 13.8. The predicted molar refractivity (Wildman–Crippen MR) is 223 cm³/mol. The normalized spacial score (nSPS) is 11.8. The molecule has 0 unspecified atom stereocenters. The van der Waals surface area contributed by atoms with Gasteiger partial charge in [0, 0.05) is 33.2 Å². The number of hydrogen-bond donors (Lipinski definition) is 0. The zero-order valence-corrected chi connectivity index (χ0v) is 28.7. The fourth-order valence-electron chi connectivity index (χ4n) is 8.18. The van der Waals surface area contributed by atoms with Crippen molar-refractivity contribution in [3.63, 3.8) is 0 Å². The smallest absolute Gasteiger partial charge is 0.160 e. The molecule has 9 aromatic carbocycles. The van der Waals surface area contributed by atoms with E-state index in [0.29, 0.717) is 5.82 Å². The van der Waals surface area contributed by atoms with Crippen molar-refractivity contribution in [2.75, 3.05) is 0 Å². The van der Waals surface area contributed by atoms with Crippen LogP contribution in [-0.2, 0) is 0 Å². The van der Waals surface area contributed by atoms with Crippen molar-refractivity contribution < 1.29 is 0 Å². The second kappa shape index (κ2) is 11.7. The first-order chi connectivity index (χ1) is 26.2. The van der Waals surface area contributed by atoms with Crippen LogP contribution in [0.25, 0.3) is 104 Å².